The first kappa shape index (κ1) is 15.4. The number of rotatable bonds is 6. The lowest BCUT2D eigenvalue weighted by Gasteiger charge is -2.11. The van der Waals surface area contributed by atoms with Crippen molar-refractivity contribution in [3.8, 4) is 0 Å². The van der Waals surface area contributed by atoms with E-state index in [1.807, 2.05) is 41.3 Å². The third-order valence-electron chi connectivity index (χ3n) is 3.51. The summed E-state index contributed by atoms with van der Waals surface area (Å²) < 4.78 is 2.01. The topological polar surface area (TPSA) is 59.8 Å². The number of carbonyl (C=O) groups is 1. The molecule has 0 bridgehead atoms. The van der Waals surface area contributed by atoms with Crippen molar-refractivity contribution in [2.45, 2.75) is 26.4 Å². The highest BCUT2D eigenvalue weighted by Gasteiger charge is 2.08. The molecular formula is C17H18N4OS. The summed E-state index contributed by atoms with van der Waals surface area (Å²) in [4.78, 5) is 20.4. The number of nitrogens with one attached hydrogen (secondary N) is 1. The SMILES string of the molecule is Cc1nc(CC(=O)NCc2ccccc2Cn2ccnc2)cs1. The van der Waals surface area contributed by atoms with Gasteiger partial charge in [0.25, 0.3) is 0 Å². The average molecular weight is 326 g/mol. The number of benzene rings is 1. The molecule has 2 heterocycles. The Hall–Kier alpha value is -2.47. The average Bonchev–Trinajstić information content (AvgIpc) is 3.18. The predicted molar refractivity (Wildman–Crippen MR) is 90.2 cm³/mol. The zero-order chi connectivity index (χ0) is 16.1. The highest BCUT2D eigenvalue weighted by atomic mass is 32.1. The number of nitrogens with zero attached hydrogens (tertiary/aromatic N) is 3. The number of carbonyl (C=O) groups excluding carboxylic acids is 1. The highest BCUT2D eigenvalue weighted by molar-refractivity contribution is 7.09. The molecule has 0 radical (unpaired) electrons. The minimum atomic E-state index is -0.00673. The van der Waals surface area contributed by atoms with E-state index in [1.165, 1.54) is 5.56 Å². The lowest BCUT2D eigenvalue weighted by atomic mass is 10.1. The van der Waals surface area contributed by atoms with Crippen LogP contribution in [0.15, 0.2) is 48.4 Å². The van der Waals surface area contributed by atoms with E-state index in [0.29, 0.717) is 13.0 Å². The van der Waals surface area contributed by atoms with Crippen LogP contribution in [0.4, 0.5) is 0 Å². The standard InChI is InChI=1S/C17H18N4OS/c1-13-20-16(11-23-13)8-17(22)19-9-14-4-2-3-5-15(14)10-21-7-6-18-12-21/h2-7,11-12H,8-10H2,1H3,(H,19,22). The Balaban J connectivity index is 1.60. The first-order chi connectivity index (χ1) is 11.2. The fraction of sp³-hybridized carbons (Fsp3) is 0.235. The molecule has 1 amide bonds. The molecule has 0 saturated carbocycles. The molecular weight excluding hydrogens is 308 g/mol. The molecule has 0 unspecified atom stereocenters. The molecule has 5 nitrogen and oxygen atoms in total. The number of amides is 1. The van der Waals surface area contributed by atoms with Gasteiger partial charge in [0.2, 0.25) is 5.91 Å². The zero-order valence-electron chi connectivity index (χ0n) is 12.9. The number of aromatic nitrogens is 3. The molecule has 0 spiro atoms. The molecule has 23 heavy (non-hydrogen) atoms. The molecule has 3 aromatic rings. The second-order valence-electron chi connectivity index (χ2n) is 5.32. The van der Waals surface area contributed by atoms with Crippen molar-refractivity contribution in [2.75, 3.05) is 0 Å². The van der Waals surface area contributed by atoms with E-state index in [4.69, 9.17) is 0 Å². The second-order valence-corrected chi connectivity index (χ2v) is 6.38. The summed E-state index contributed by atoms with van der Waals surface area (Å²) in [5.41, 5.74) is 3.12. The lowest BCUT2D eigenvalue weighted by molar-refractivity contribution is -0.120. The first-order valence-corrected chi connectivity index (χ1v) is 8.29. The molecule has 0 aliphatic carbocycles. The molecule has 1 N–H and O–H groups in total. The third kappa shape index (κ3) is 4.26. The number of imidazole rings is 1. The molecule has 1 aromatic carbocycles. The lowest BCUT2D eigenvalue weighted by Crippen LogP contribution is -2.25. The van der Waals surface area contributed by atoms with Crippen molar-refractivity contribution in [1.29, 1.82) is 0 Å². The molecule has 3 rings (SSSR count). The maximum absolute atomic E-state index is 12.1. The van der Waals surface area contributed by atoms with Gasteiger partial charge in [-0.3, -0.25) is 4.79 Å². The molecule has 0 aliphatic rings. The summed E-state index contributed by atoms with van der Waals surface area (Å²) in [6.07, 6.45) is 5.81. The van der Waals surface area contributed by atoms with Crippen LogP contribution in [-0.2, 0) is 24.3 Å². The van der Waals surface area contributed by atoms with Gasteiger partial charge in [-0.2, -0.15) is 0 Å². The Morgan fingerprint density at radius 3 is 2.83 bits per heavy atom. The zero-order valence-corrected chi connectivity index (χ0v) is 13.7. The van der Waals surface area contributed by atoms with Crippen LogP contribution in [-0.4, -0.2) is 20.4 Å². The Morgan fingerprint density at radius 2 is 2.13 bits per heavy atom. The van der Waals surface area contributed by atoms with Gasteiger partial charge < -0.3 is 9.88 Å². The fourth-order valence-corrected chi connectivity index (χ4v) is 2.98. The summed E-state index contributed by atoms with van der Waals surface area (Å²) in [6, 6.07) is 8.11. The molecule has 118 valence electrons. The summed E-state index contributed by atoms with van der Waals surface area (Å²) in [5.74, 6) is -0.00673. The minimum absolute atomic E-state index is 0.00673. The summed E-state index contributed by atoms with van der Waals surface area (Å²) in [7, 11) is 0. The highest BCUT2D eigenvalue weighted by Crippen LogP contribution is 2.11. The Kier molecular flexibility index (Phi) is 4.83. The predicted octanol–water partition coefficient (Wildman–Crippen LogP) is 2.56. The van der Waals surface area contributed by atoms with Gasteiger partial charge in [0, 0.05) is 30.9 Å². The van der Waals surface area contributed by atoms with Gasteiger partial charge in [-0.1, -0.05) is 24.3 Å². The normalized spacial score (nSPS) is 10.7. The van der Waals surface area contributed by atoms with E-state index >= 15 is 0 Å². The van der Waals surface area contributed by atoms with Crippen LogP contribution in [0.2, 0.25) is 0 Å². The number of aryl methyl sites for hydroxylation is 1. The monoisotopic (exact) mass is 326 g/mol. The second kappa shape index (κ2) is 7.19. The molecule has 0 fully saturated rings. The van der Waals surface area contributed by atoms with E-state index in [0.717, 1.165) is 22.8 Å². The van der Waals surface area contributed by atoms with Crippen LogP contribution >= 0.6 is 11.3 Å². The van der Waals surface area contributed by atoms with Crippen LogP contribution < -0.4 is 5.32 Å². The maximum atomic E-state index is 12.1. The van der Waals surface area contributed by atoms with Gasteiger partial charge in [-0.05, 0) is 18.1 Å². The van der Waals surface area contributed by atoms with Crippen LogP contribution in [0.1, 0.15) is 21.8 Å². The maximum Gasteiger partial charge on any atom is 0.226 e. The van der Waals surface area contributed by atoms with Crippen LogP contribution in [0, 0.1) is 6.92 Å². The van der Waals surface area contributed by atoms with Gasteiger partial charge in [0.05, 0.1) is 23.4 Å². The van der Waals surface area contributed by atoms with Crippen molar-refractivity contribution >= 4 is 17.2 Å². The summed E-state index contributed by atoms with van der Waals surface area (Å²) in [5, 5.41) is 5.89. The molecule has 0 atom stereocenters. The van der Waals surface area contributed by atoms with Crippen molar-refractivity contribution in [2.24, 2.45) is 0 Å². The fourth-order valence-electron chi connectivity index (χ4n) is 2.37. The quantitative estimate of drug-likeness (QED) is 0.757. The van der Waals surface area contributed by atoms with E-state index in [2.05, 4.69) is 21.4 Å². The molecule has 0 aliphatic heterocycles. The number of hydrogen-bond donors (Lipinski definition) is 1. The van der Waals surface area contributed by atoms with Crippen LogP contribution in [0.25, 0.3) is 0 Å². The summed E-state index contributed by atoms with van der Waals surface area (Å²) in [6.45, 7) is 3.21. The van der Waals surface area contributed by atoms with E-state index in [-0.39, 0.29) is 5.91 Å². The number of hydrogen-bond acceptors (Lipinski definition) is 4. The van der Waals surface area contributed by atoms with Crippen molar-refractivity contribution in [3.63, 3.8) is 0 Å². The number of thiazole rings is 1. The minimum Gasteiger partial charge on any atom is -0.352 e. The van der Waals surface area contributed by atoms with Gasteiger partial charge in [-0.25, -0.2) is 9.97 Å². The van der Waals surface area contributed by atoms with Crippen molar-refractivity contribution < 1.29 is 4.79 Å². The first-order valence-electron chi connectivity index (χ1n) is 7.41. The molecule has 6 heteroatoms. The van der Waals surface area contributed by atoms with Gasteiger partial charge in [-0.15, -0.1) is 11.3 Å². The Bertz CT molecular complexity index is 780. The summed E-state index contributed by atoms with van der Waals surface area (Å²) >= 11 is 1.57. The molecule has 2 aromatic heterocycles. The van der Waals surface area contributed by atoms with Gasteiger partial charge in [0.1, 0.15) is 0 Å². The van der Waals surface area contributed by atoms with Gasteiger partial charge >= 0.3 is 0 Å². The Morgan fingerprint density at radius 1 is 1.30 bits per heavy atom. The van der Waals surface area contributed by atoms with Crippen molar-refractivity contribution in [1.82, 2.24) is 19.9 Å². The van der Waals surface area contributed by atoms with Crippen LogP contribution in [0.3, 0.4) is 0 Å². The Labute approximate surface area is 139 Å². The van der Waals surface area contributed by atoms with Gasteiger partial charge in [0.15, 0.2) is 0 Å². The van der Waals surface area contributed by atoms with E-state index in [9.17, 15) is 4.79 Å². The molecule has 0 saturated heterocycles. The largest absolute Gasteiger partial charge is 0.352 e. The van der Waals surface area contributed by atoms with E-state index < -0.39 is 0 Å². The van der Waals surface area contributed by atoms with Crippen LogP contribution in [0.5, 0.6) is 0 Å². The van der Waals surface area contributed by atoms with E-state index in [1.54, 1.807) is 23.9 Å². The van der Waals surface area contributed by atoms with Crippen molar-refractivity contribution in [3.05, 3.63) is 70.2 Å². The third-order valence-corrected chi connectivity index (χ3v) is 4.34. The smallest absolute Gasteiger partial charge is 0.226 e.